The standard InChI is InChI=1S/C10H16N2O/c1-7(2)12-10(13)6-9(11-12)8-4-3-5-8/h6-8,11H,3-5H2,1-2H3. The second-order valence-electron chi connectivity index (χ2n) is 4.14. The minimum Gasteiger partial charge on any atom is -0.299 e. The summed E-state index contributed by atoms with van der Waals surface area (Å²) in [5.74, 6) is 0.618. The zero-order valence-electron chi connectivity index (χ0n) is 8.21. The van der Waals surface area contributed by atoms with E-state index in [1.54, 1.807) is 10.7 Å². The molecule has 1 fully saturated rings. The first kappa shape index (κ1) is 8.60. The van der Waals surface area contributed by atoms with Gasteiger partial charge in [0, 0.05) is 23.7 Å². The first-order chi connectivity index (χ1) is 6.18. The summed E-state index contributed by atoms with van der Waals surface area (Å²) < 4.78 is 1.70. The first-order valence-electron chi connectivity index (χ1n) is 5.00. The number of H-pyrrole nitrogens is 1. The van der Waals surface area contributed by atoms with Crippen LogP contribution in [0, 0.1) is 0 Å². The molecule has 1 N–H and O–H groups in total. The van der Waals surface area contributed by atoms with Gasteiger partial charge in [-0.2, -0.15) is 0 Å². The van der Waals surface area contributed by atoms with E-state index in [-0.39, 0.29) is 11.6 Å². The third-order valence-corrected chi connectivity index (χ3v) is 2.83. The van der Waals surface area contributed by atoms with Crippen LogP contribution in [0.5, 0.6) is 0 Å². The number of nitrogens with one attached hydrogen (secondary N) is 1. The van der Waals surface area contributed by atoms with Crippen molar-refractivity contribution in [1.82, 2.24) is 9.78 Å². The molecule has 1 aromatic rings. The molecule has 0 bridgehead atoms. The van der Waals surface area contributed by atoms with E-state index >= 15 is 0 Å². The summed E-state index contributed by atoms with van der Waals surface area (Å²) in [7, 11) is 0. The molecule has 1 heterocycles. The van der Waals surface area contributed by atoms with Crippen LogP contribution >= 0.6 is 0 Å². The van der Waals surface area contributed by atoms with E-state index in [1.807, 2.05) is 13.8 Å². The lowest BCUT2D eigenvalue weighted by Gasteiger charge is -2.23. The van der Waals surface area contributed by atoms with E-state index in [1.165, 1.54) is 19.3 Å². The maximum Gasteiger partial charge on any atom is 0.266 e. The van der Waals surface area contributed by atoms with Gasteiger partial charge in [-0.1, -0.05) is 6.42 Å². The maximum atomic E-state index is 11.5. The lowest BCUT2D eigenvalue weighted by atomic mass is 9.83. The van der Waals surface area contributed by atoms with Crippen molar-refractivity contribution < 1.29 is 0 Å². The molecule has 0 amide bonds. The zero-order valence-corrected chi connectivity index (χ0v) is 8.21. The molecule has 0 spiro atoms. The Kier molecular flexibility index (Phi) is 2.02. The van der Waals surface area contributed by atoms with Gasteiger partial charge in [0.05, 0.1) is 0 Å². The normalized spacial score (nSPS) is 17.8. The van der Waals surface area contributed by atoms with Gasteiger partial charge < -0.3 is 0 Å². The second-order valence-corrected chi connectivity index (χ2v) is 4.14. The highest BCUT2D eigenvalue weighted by Crippen LogP contribution is 2.34. The Morgan fingerprint density at radius 2 is 2.23 bits per heavy atom. The Balaban J connectivity index is 2.29. The van der Waals surface area contributed by atoms with Gasteiger partial charge in [0.15, 0.2) is 0 Å². The maximum absolute atomic E-state index is 11.5. The Morgan fingerprint density at radius 3 is 2.62 bits per heavy atom. The fourth-order valence-corrected chi connectivity index (χ4v) is 1.74. The van der Waals surface area contributed by atoms with Gasteiger partial charge in [-0.05, 0) is 26.7 Å². The van der Waals surface area contributed by atoms with Crippen LogP contribution in [0.1, 0.15) is 50.8 Å². The summed E-state index contributed by atoms with van der Waals surface area (Å²) in [6.45, 7) is 4.03. The Morgan fingerprint density at radius 1 is 1.54 bits per heavy atom. The third kappa shape index (κ3) is 1.43. The van der Waals surface area contributed by atoms with E-state index in [0.29, 0.717) is 5.92 Å². The van der Waals surface area contributed by atoms with Gasteiger partial charge in [-0.25, -0.2) is 0 Å². The molecule has 0 atom stereocenters. The molecular formula is C10H16N2O. The fourth-order valence-electron chi connectivity index (χ4n) is 1.74. The summed E-state index contributed by atoms with van der Waals surface area (Å²) in [6, 6.07) is 1.99. The summed E-state index contributed by atoms with van der Waals surface area (Å²) in [6.07, 6.45) is 3.77. The molecule has 3 nitrogen and oxygen atoms in total. The first-order valence-corrected chi connectivity index (χ1v) is 5.00. The van der Waals surface area contributed by atoms with Crippen LogP contribution in [0.3, 0.4) is 0 Å². The number of aromatic amines is 1. The highest BCUT2D eigenvalue weighted by molar-refractivity contribution is 5.09. The molecule has 1 saturated carbocycles. The monoisotopic (exact) mass is 180 g/mol. The molecule has 0 aliphatic heterocycles. The summed E-state index contributed by atoms with van der Waals surface area (Å²) >= 11 is 0. The van der Waals surface area contributed by atoms with Crippen LogP contribution in [0.25, 0.3) is 0 Å². The second kappa shape index (κ2) is 3.05. The van der Waals surface area contributed by atoms with Crippen molar-refractivity contribution in [3.05, 3.63) is 22.1 Å². The Labute approximate surface area is 77.7 Å². The van der Waals surface area contributed by atoms with Gasteiger partial charge >= 0.3 is 0 Å². The lowest BCUT2D eigenvalue weighted by Crippen LogP contribution is -2.17. The van der Waals surface area contributed by atoms with Crippen LogP contribution in [-0.4, -0.2) is 9.78 Å². The molecule has 13 heavy (non-hydrogen) atoms. The molecule has 1 aromatic heterocycles. The topological polar surface area (TPSA) is 37.8 Å². The largest absolute Gasteiger partial charge is 0.299 e. The number of rotatable bonds is 2. The van der Waals surface area contributed by atoms with Crippen LogP contribution < -0.4 is 5.56 Å². The average Bonchev–Trinajstić information content (AvgIpc) is 2.27. The molecule has 1 aliphatic carbocycles. The highest BCUT2D eigenvalue weighted by atomic mass is 16.1. The molecular weight excluding hydrogens is 164 g/mol. The summed E-state index contributed by atoms with van der Waals surface area (Å²) in [4.78, 5) is 11.5. The van der Waals surface area contributed by atoms with Crippen molar-refractivity contribution in [1.29, 1.82) is 0 Å². The highest BCUT2D eigenvalue weighted by Gasteiger charge is 2.22. The minimum absolute atomic E-state index is 0.108. The SMILES string of the molecule is CC(C)n1[nH]c(C2CCC2)cc1=O. The van der Waals surface area contributed by atoms with Gasteiger partial charge in [0.2, 0.25) is 0 Å². The molecule has 0 unspecified atom stereocenters. The minimum atomic E-state index is 0.108. The zero-order chi connectivity index (χ0) is 9.42. The molecule has 0 radical (unpaired) electrons. The summed E-state index contributed by atoms with van der Waals surface area (Å²) in [5.41, 5.74) is 1.24. The van der Waals surface area contributed by atoms with Gasteiger partial charge in [0.1, 0.15) is 0 Å². The van der Waals surface area contributed by atoms with E-state index in [4.69, 9.17) is 0 Å². The molecule has 0 saturated heterocycles. The summed E-state index contributed by atoms with van der Waals surface area (Å²) in [5, 5.41) is 3.19. The Bertz CT molecular complexity index is 344. The molecule has 2 rings (SSSR count). The van der Waals surface area contributed by atoms with Crippen LogP contribution in [0.15, 0.2) is 10.9 Å². The molecule has 3 heteroatoms. The lowest BCUT2D eigenvalue weighted by molar-refractivity contribution is 0.401. The number of nitrogens with zero attached hydrogens (tertiary/aromatic N) is 1. The van der Waals surface area contributed by atoms with Crippen LogP contribution in [0.2, 0.25) is 0 Å². The van der Waals surface area contributed by atoms with Crippen molar-refractivity contribution >= 4 is 0 Å². The molecule has 1 aliphatic rings. The van der Waals surface area contributed by atoms with Crippen molar-refractivity contribution in [2.24, 2.45) is 0 Å². The van der Waals surface area contributed by atoms with Crippen molar-refractivity contribution in [2.45, 2.75) is 45.1 Å². The van der Waals surface area contributed by atoms with Crippen molar-refractivity contribution in [3.8, 4) is 0 Å². The predicted molar refractivity (Wildman–Crippen MR) is 52.0 cm³/mol. The van der Waals surface area contributed by atoms with Crippen LogP contribution in [0.4, 0.5) is 0 Å². The van der Waals surface area contributed by atoms with Gasteiger partial charge in [0.25, 0.3) is 5.56 Å². The third-order valence-electron chi connectivity index (χ3n) is 2.83. The van der Waals surface area contributed by atoms with Crippen molar-refractivity contribution in [3.63, 3.8) is 0 Å². The van der Waals surface area contributed by atoms with Crippen molar-refractivity contribution in [2.75, 3.05) is 0 Å². The van der Waals surface area contributed by atoms with E-state index in [2.05, 4.69) is 5.10 Å². The van der Waals surface area contributed by atoms with Crippen LogP contribution in [-0.2, 0) is 0 Å². The number of hydrogen-bond acceptors (Lipinski definition) is 1. The molecule has 72 valence electrons. The number of aromatic nitrogens is 2. The van der Waals surface area contributed by atoms with E-state index in [0.717, 1.165) is 5.69 Å². The van der Waals surface area contributed by atoms with Gasteiger partial charge in [-0.3, -0.25) is 14.6 Å². The van der Waals surface area contributed by atoms with E-state index in [9.17, 15) is 4.79 Å². The smallest absolute Gasteiger partial charge is 0.266 e. The average molecular weight is 180 g/mol. The quantitative estimate of drug-likeness (QED) is 0.743. The predicted octanol–water partition coefficient (Wildman–Crippen LogP) is 2.02. The van der Waals surface area contributed by atoms with Gasteiger partial charge in [-0.15, -0.1) is 0 Å². The number of hydrogen-bond donors (Lipinski definition) is 1. The Hall–Kier alpha value is -0.990. The molecule has 0 aromatic carbocycles. The fraction of sp³-hybridized carbons (Fsp3) is 0.700. The van der Waals surface area contributed by atoms with E-state index < -0.39 is 0 Å².